The van der Waals surface area contributed by atoms with Crippen molar-refractivity contribution in [3.63, 3.8) is 0 Å². The zero-order valence-electron chi connectivity index (χ0n) is 17.0. The second-order valence-electron chi connectivity index (χ2n) is 7.37. The van der Waals surface area contributed by atoms with Crippen LogP contribution in [0.1, 0.15) is 27.8 Å². The lowest BCUT2D eigenvalue weighted by atomic mass is 9.99. The highest BCUT2D eigenvalue weighted by Gasteiger charge is 2.33. The zero-order valence-corrected chi connectivity index (χ0v) is 17.0. The molecule has 0 bridgehead atoms. The van der Waals surface area contributed by atoms with Crippen LogP contribution < -0.4 is 15.4 Å². The van der Waals surface area contributed by atoms with Crippen molar-refractivity contribution < 1.29 is 17.9 Å². The number of alkyl halides is 3. The van der Waals surface area contributed by atoms with Crippen LogP contribution in [0, 0.1) is 17.2 Å². The number of nitrogens with zero attached hydrogens (tertiary/aromatic N) is 1. The molecule has 0 aromatic heterocycles. The van der Waals surface area contributed by atoms with Crippen molar-refractivity contribution in [1.29, 1.82) is 5.26 Å². The Hall–Kier alpha value is -3.08. The molecule has 2 aromatic rings. The molecule has 162 valence electrons. The summed E-state index contributed by atoms with van der Waals surface area (Å²) in [5.74, 6) is 1.22. The number of rotatable bonds is 9. The first kappa shape index (κ1) is 22.6. The van der Waals surface area contributed by atoms with Crippen LogP contribution in [-0.2, 0) is 12.7 Å². The molecule has 0 spiro atoms. The van der Waals surface area contributed by atoms with Crippen LogP contribution >= 0.6 is 0 Å². The van der Waals surface area contributed by atoms with Crippen LogP contribution in [0.15, 0.2) is 49.1 Å². The summed E-state index contributed by atoms with van der Waals surface area (Å²) in [5.41, 5.74) is 0.633. The van der Waals surface area contributed by atoms with E-state index in [-0.39, 0.29) is 11.1 Å². The molecule has 0 saturated carbocycles. The number of halogens is 3. The molecule has 0 aliphatic carbocycles. The van der Waals surface area contributed by atoms with Gasteiger partial charge in [0.1, 0.15) is 12.4 Å². The first-order chi connectivity index (χ1) is 14.9. The van der Waals surface area contributed by atoms with Gasteiger partial charge in [0, 0.05) is 31.7 Å². The average Bonchev–Trinajstić information content (AvgIpc) is 2.71. The van der Waals surface area contributed by atoms with Gasteiger partial charge < -0.3 is 15.4 Å². The quantitative estimate of drug-likeness (QED) is 0.453. The molecule has 1 aliphatic heterocycles. The van der Waals surface area contributed by atoms with Crippen LogP contribution in [0.3, 0.4) is 0 Å². The van der Waals surface area contributed by atoms with Crippen molar-refractivity contribution in [2.24, 2.45) is 5.92 Å². The Morgan fingerprint density at radius 3 is 2.68 bits per heavy atom. The van der Waals surface area contributed by atoms with Crippen molar-refractivity contribution in [2.75, 3.05) is 26.2 Å². The number of nitriles is 1. The number of hydrogen-bond acceptors (Lipinski definition) is 4. The molecule has 3 rings (SSSR count). The van der Waals surface area contributed by atoms with Crippen LogP contribution in [0.5, 0.6) is 5.75 Å². The van der Waals surface area contributed by atoms with Gasteiger partial charge in [0.25, 0.3) is 0 Å². The summed E-state index contributed by atoms with van der Waals surface area (Å²) in [6.45, 7) is 7.47. The fourth-order valence-electron chi connectivity index (χ4n) is 3.31. The molecule has 1 saturated heterocycles. The molecule has 31 heavy (non-hydrogen) atoms. The predicted octanol–water partition coefficient (Wildman–Crippen LogP) is 4.62. The Bertz CT molecular complexity index is 989. The van der Waals surface area contributed by atoms with Crippen molar-refractivity contribution >= 4 is 12.2 Å². The third kappa shape index (κ3) is 6.20. The molecule has 2 N–H and O–H groups in total. The Morgan fingerprint density at radius 2 is 2.03 bits per heavy atom. The van der Waals surface area contributed by atoms with E-state index in [1.165, 1.54) is 18.2 Å². The van der Waals surface area contributed by atoms with Crippen molar-refractivity contribution in [3.05, 3.63) is 76.9 Å². The smallest absolute Gasteiger partial charge is 0.417 e. The maximum atomic E-state index is 13.4. The summed E-state index contributed by atoms with van der Waals surface area (Å²) >= 11 is 0. The van der Waals surface area contributed by atoms with Crippen molar-refractivity contribution in [1.82, 2.24) is 10.6 Å². The van der Waals surface area contributed by atoms with Crippen molar-refractivity contribution in [3.8, 4) is 11.8 Å². The van der Waals surface area contributed by atoms with E-state index in [1.54, 1.807) is 18.2 Å². The Morgan fingerprint density at radius 1 is 1.23 bits per heavy atom. The average molecular weight is 427 g/mol. The minimum Gasteiger partial charge on any atom is -0.490 e. The Balaban J connectivity index is 1.87. The number of benzene rings is 2. The topological polar surface area (TPSA) is 57.1 Å². The van der Waals surface area contributed by atoms with Gasteiger partial charge >= 0.3 is 6.18 Å². The highest BCUT2D eigenvalue weighted by molar-refractivity contribution is 5.75. The lowest BCUT2D eigenvalue weighted by molar-refractivity contribution is -0.137. The van der Waals surface area contributed by atoms with Gasteiger partial charge in [-0.05, 0) is 41.3 Å². The molecule has 1 fully saturated rings. The minimum absolute atomic E-state index is 0.0267. The maximum absolute atomic E-state index is 13.4. The largest absolute Gasteiger partial charge is 0.490 e. The molecular weight excluding hydrogens is 403 g/mol. The van der Waals surface area contributed by atoms with Gasteiger partial charge in [-0.25, -0.2) is 0 Å². The molecule has 1 heterocycles. The lowest BCUT2D eigenvalue weighted by Gasteiger charge is -2.27. The molecule has 0 radical (unpaired) electrons. The highest BCUT2D eigenvalue weighted by Crippen LogP contribution is 2.34. The van der Waals surface area contributed by atoms with E-state index in [0.29, 0.717) is 30.4 Å². The van der Waals surface area contributed by atoms with E-state index in [9.17, 15) is 18.4 Å². The van der Waals surface area contributed by atoms with Crippen LogP contribution in [0.2, 0.25) is 0 Å². The summed E-state index contributed by atoms with van der Waals surface area (Å²) < 4.78 is 45.9. The van der Waals surface area contributed by atoms with E-state index < -0.39 is 11.7 Å². The van der Waals surface area contributed by atoms with Gasteiger partial charge in [-0.15, -0.1) is 0 Å². The third-order valence-electron chi connectivity index (χ3n) is 4.96. The van der Waals surface area contributed by atoms with E-state index in [0.717, 1.165) is 31.3 Å². The van der Waals surface area contributed by atoms with E-state index >= 15 is 0 Å². The summed E-state index contributed by atoms with van der Waals surface area (Å²) in [5, 5.41) is 15.9. The monoisotopic (exact) mass is 427 g/mol. The second kappa shape index (κ2) is 10.3. The summed E-state index contributed by atoms with van der Waals surface area (Å²) in [6.07, 6.45) is -0.00746. The van der Waals surface area contributed by atoms with Gasteiger partial charge in [0.05, 0.1) is 17.2 Å². The van der Waals surface area contributed by atoms with E-state index in [4.69, 9.17) is 4.74 Å². The summed E-state index contributed by atoms with van der Waals surface area (Å²) in [7, 11) is 0. The molecule has 7 heteroatoms. The number of nitrogens with one attached hydrogen (secondary N) is 2. The molecule has 4 nitrogen and oxygen atoms in total. The predicted molar refractivity (Wildman–Crippen MR) is 115 cm³/mol. The zero-order chi connectivity index (χ0) is 22.3. The minimum atomic E-state index is -4.55. The van der Waals surface area contributed by atoms with Gasteiger partial charge in [0.15, 0.2) is 0 Å². The van der Waals surface area contributed by atoms with Gasteiger partial charge in [0.2, 0.25) is 0 Å². The number of hydrogen-bond donors (Lipinski definition) is 2. The van der Waals surface area contributed by atoms with Crippen LogP contribution in [0.4, 0.5) is 13.2 Å². The van der Waals surface area contributed by atoms with Gasteiger partial charge in [-0.2, -0.15) is 18.4 Å². The SMILES string of the molecule is C=CCOc1cc(/C=C/c2c(C#N)cccc2C(F)(F)F)cc(CNCC2CNC2)c1. The Labute approximate surface area is 180 Å². The first-order valence-corrected chi connectivity index (χ1v) is 9.98. The van der Waals surface area contributed by atoms with Crippen molar-refractivity contribution in [2.45, 2.75) is 12.7 Å². The maximum Gasteiger partial charge on any atom is 0.417 e. The first-order valence-electron chi connectivity index (χ1n) is 9.98. The van der Waals surface area contributed by atoms with Gasteiger partial charge in [-0.3, -0.25) is 0 Å². The van der Waals surface area contributed by atoms with Crippen LogP contribution in [0.25, 0.3) is 12.2 Å². The normalized spacial score (nSPS) is 14.3. The molecule has 0 atom stereocenters. The number of ether oxygens (including phenoxy) is 1. The Kier molecular flexibility index (Phi) is 7.50. The van der Waals surface area contributed by atoms with E-state index in [2.05, 4.69) is 17.2 Å². The third-order valence-corrected chi connectivity index (χ3v) is 4.96. The summed E-state index contributed by atoms with van der Waals surface area (Å²) in [4.78, 5) is 0. The molecule has 1 aliphatic rings. The molecule has 2 aromatic carbocycles. The highest BCUT2D eigenvalue weighted by atomic mass is 19.4. The standard InChI is InChI=1S/C24H24F3N3O/c1-2-8-31-21-10-17(9-18(11-21)13-29-14-19-15-30-16-19)6-7-22-20(12-28)4-3-5-23(22)24(25,26)27/h2-7,9-11,19,29-30H,1,8,13-16H2/b7-6+. The second-order valence-corrected chi connectivity index (χ2v) is 7.37. The molecule has 0 amide bonds. The summed E-state index contributed by atoms with van der Waals surface area (Å²) in [6, 6.07) is 11.0. The lowest BCUT2D eigenvalue weighted by Crippen LogP contribution is -2.47. The molecule has 0 unspecified atom stereocenters. The van der Waals surface area contributed by atoms with Crippen LogP contribution in [-0.4, -0.2) is 26.2 Å². The van der Waals surface area contributed by atoms with Gasteiger partial charge in [-0.1, -0.05) is 36.9 Å². The fourth-order valence-corrected chi connectivity index (χ4v) is 3.31. The fraction of sp³-hybridized carbons (Fsp3) is 0.292. The van der Waals surface area contributed by atoms with E-state index in [1.807, 2.05) is 18.2 Å². The molecular formula is C24H24F3N3O.